The Kier molecular flexibility index (Phi) is 2.65. The van der Waals surface area contributed by atoms with Crippen LogP contribution in [0.5, 0.6) is 0 Å². The number of nitro groups is 1. The van der Waals surface area contributed by atoms with E-state index < -0.39 is 10.3 Å². The van der Waals surface area contributed by atoms with Gasteiger partial charge in [-0.25, -0.2) is 0 Å². The maximum absolute atomic E-state index is 10.7. The molecule has 4 heteroatoms. The van der Waals surface area contributed by atoms with Gasteiger partial charge in [0.15, 0.2) is 0 Å². The zero-order valence-electron chi connectivity index (χ0n) is 8.06. The fourth-order valence-electron chi connectivity index (χ4n) is 1.09. The maximum atomic E-state index is 10.7. The molecule has 1 rings (SSSR count). The van der Waals surface area contributed by atoms with E-state index in [-0.39, 0.29) is 5.69 Å². The Morgan fingerprint density at radius 2 is 2.07 bits per heavy atom. The van der Waals surface area contributed by atoms with Gasteiger partial charge in [-0.05, 0) is 19.4 Å². The van der Waals surface area contributed by atoms with E-state index in [1.807, 2.05) is 0 Å². The summed E-state index contributed by atoms with van der Waals surface area (Å²) >= 11 is 0. The summed E-state index contributed by atoms with van der Waals surface area (Å²) in [6.45, 7) is 3.44. The first kappa shape index (κ1) is 10.4. The highest BCUT2D eigenvalue weighted by atomic mass is 16.6. The monoisotopic (exact) mass is 193 g/mol. The van der Waals surface area contributed by atoms with Crippen LogP contribution in [0.3, 0.4) is 0 Å². The van der Waals surface area contributed by atoms with E-state index in [0.29, 0.717) is 5.56 Å². The molecule has 0 unspecified atom stereocenters. The third kappa shape index (κ3) is 1.96. The Bertz CT molecular complexity index is 371. The minimum absolute atomic E-state index is 0.0115. The summed E-state index contributed by atoms with van der Waals surface area (Å²) in [6, 6.07) is 6.12. The molecule has 14 heavy (non-hydrogen) atoms. The lowest BCUT2D eigenvalue weighted by atomic mass is 9.86. The molecule has 1 aromatic rings. The van der Waals surface area contributed by atoms with Gasteiger partial charge >= 0.3 is 0 Å². The Morgan fingerprint density at radius 1 is 1.43 bits per heavy atom. The van der Waals surface area contributed by atoms with Gasteiger partial charge < -0.3 is 4.79 Å². The SMILES string of the molecule is CC(C)(C=O)c1cccc([N+](=O)[O-])c1. The first-order valence-electron chi connectivity index (χ1n) is 4.18. The Labute approximate surface area is 81.7 Å². The predicted molar refractivity (Wildman–Crippen MR) is 52.2 cm³/mol. The van der Waals surface area contributed by atoms with Crippen molar-refractivity contribution in [3.8, 4) is 0 Å². The van der Waals surface area contributed by atoms with Gasteiger partial charge in [0, 0.05) is 17.5 Å². The number of non-ortho nitro benzene ring substituents is 1. The zero-order valence-corrected chi connectivity index (χ0v) is 8.06. The second-order valence-electron chi connectivity index (χ2n) is 3.65. The molecule has 0 atom stereocenters. The predicted octanol–water partition coefficient (Wildman–Crippen LogP) is 2.07. The Hall–Kier alpha value is -1.71. The molecule has 0 aliphatic heterocycles. The number of benzene rings is 1. The van der Waals surface area contributed by atoms with Crippen molar-refractivity contribution in [2.45, 2.75) is 19.3 Å². The molecule has 0 saturated heterocycles. The number of hydrogen-bond donors (Lipinski definition) is 0. The summed E-state index contributed by atoms with van der Waals surface area (Å²) in [6.07, 6.45) is 0.784. The topological polar surface area (TPSA) is 60.2 Å². The molecule has 0 bridgehead atoms. The third-order valence-corrected chi connectivity index (χ3v) is 2.10. The van der Waals surface area contributed by atoms with Crippen molar-refractivity contribution in [2.75, 3.05) is 0 Å². The number of hydrogen-bond acceptors (Lipinski definition) is 3. The van der Waals surface area contributed by atoms with Crippen LogP contribution in [0.4, 0.5) is 5.69 Å². The van der Waals surface area contributed by atoms with Gasteiger partial charge in [-0.15, -0.1) is 0 Å². The lowest BCUT2D eigenvalue weighted by molar-refractivity contribution is -0.384. The third-order valence-electron chi connectivity index (χ3n) is 2.10. The van der Waals surface area contributed by atoms with E-state index in [1.54, 1.807) is 26.0 Å². The molecule has 4 nitrogen and oxygen atoms in total. The van der Waals surface area contributed by atoms with Crippen molar-refractivity contribution in [1.29, 1.82) is 0 Å². The van der Waals surface area contributed by atoms with Gasteiger partial charge in [-0.1, -0.05) is 12.1 Å². The average Bonchev–Trinajstić information content (AvgIpc) is 2.18. The van der Waals surface area contributed by atoms with Crippen LogP contribution >= 0.6 is 0 Å². The summed E-state index contributed by atoms with van der Waals surface area (Å²) < 4.78 is 0. The Balaban J connectivity index is 3.18. The van der Waals surface area contributed by atoms with Crippen LogP contribution < -0.4 is 0 Å². The van der Waals surface area contributed by atoms with E-state index in [9.17, 15) is 14.9 Å². The fraction of sp³-hybridized carbons (Fsp3) is 0.300. The number of nitrogens with zero attached hydrogens (tertiary/aromatic N) is 1. The number of carbonyl (C=O) groups excluding carboxylic acids is 1. The minimum atomic E-state index is -0.675. The van der Waals surface area contributed by atoms with Crippen LogP contribution in [-0.2, 0) is 10.2 Å². The van der Waals surface area contributed by atoms with E-state index in [2.05, 4.69) is 0 Å². The van der Waals surface area contributed by atoms with Crippen molar-refractivity contribution >= 4 is 12.0 Å². The van der Waals surface area contributed by atoms with Crippen LogP contribution in [0.2, 0.25) is 0 Å². The van der Waals surface area contributed by atoms with Crippen LogP contribution in [0, 0.1) is 10.1 Å². The highest BCUT2D eigenvalue weighted by molar-refractivity contribution is 5.67. The first-order chi connectivity index (χ1) is 6.47. The number of carbonyl (C=O) groups is 1. The lowest BCUT2D eigenvalue weighted by Crippen LogP contribution is -2.18. The standard InChI is InChI=1S/C10H11NO3/c1-10(2,7-12)8-4-3-5-9(6-8)11(13)14/h3-7H,1-2H3. The minimum Gasteiger partial charge on any atom is -0.302 e. The van der Waals surface area contributed by atoms with Crippen LogP contribution in [0.1, 0.15) is 19.4 Å². The molecule has 74 valence electrons. The molecule has 0 aliphatic carbocycles. The molecule has 0 fully saturated rings. The molecule has 0 aromatic heterocycles. The summed E-state index contributed by atoms with van der Waals surface area (Å²) in [5.41, 5.74) is -0.00873. The summed E-state index contributed by atoms with van der Waals surface area (Å²) in [5.74, 6) is 0. The highest BCUT2D eigenvalue weighted by Gasteiger charge is 2.21. The number of rotatable bonds is 3. The quantitative estimate of drug-likeness (QED) is 0.419. The van der Waals surface area contributed by atoms with Gasteiger partial charge in [-0.2, -0.15) is 0 Å². The van der Waals surface area contributed by atoms with E-state index in [1.165, 1.54) is 12.1 Å². The average molecular weight is 193 g/mol. The molecule has 0 heterocycles. The number of nitro benzene ring substituents is 1. The molecule has 0 radical (unpaired) electrons. The summed E-state index contributed by atoms with van der Waals surface area (Å²) in [5, 5.41) is 10.5. The van der Waals surface area contributed by atoms with Crippen molar-refractivity contribution in [2.24, 2.45) is 0 Å². The van der Waals surface area contributed by atoms with Gasteiger partial charge in [-0.3, -0.25) is 10.1 Å². The van der Waals surface area contributed by atoms with Crippen molar-refractivity contribution in [3.05, 3.63) is 39.9 Å². The summed E-state index contributed by atoms with van der Waals surface area (Å²) in [4.78, 5) is 20.8. The maximum Gasteiger partial charge on any atom is 0.269 e. The van der Waals surface area contributed by atoms with Crippen molar-refractivity contribution in [1.82, 2.24) is 0 Å². The lowest BCUT2D eigenvalue weighted by Gasteiger charge is -2.16. The molecule has 0 N–H and O–H groups in total. The first-order valence-corrected chi connectivity index (χ1v) is 4.18. The summed E-state index contributed by atoms with van der Waals surface area (Å²) in [7, 11) is 0. The van der Waals surface area contributed by atoms with Crippen molar-refractivity contribution < 1.29 is 9.72 Å². The smallest absolute Gasteiger partial charge is 0.269 e. The molecule has 0 saturated carbocycles. The van der Waals surface area contributed by atoms with Crippen LogP contribution in [-0.4, -0.2) is 11.2 Å². The van der Waals surface area contributed by atoms with E-state index in [4.69, 9.17) is 0 Å². The molecular weight excluding hydrogens is 182 g/mol. The van der Waals surface area contributed by atoms with Gasteiger partial charge in [0.05, 0.1) is 4.92 Å². The van der Waals surface area contributed by atoms with Gasteiger partial charge in [0.2, 0.25) is 0 Å². The largest absolute Gasteiger partial charge is 0.302 e. The fourth-order valence-corrected chi connectivity index (χ4v) is 1.09. The highest BCUT2D eigenvalue weighted by Crippen LogP contribution is 2.24. The number of aldehydes is 1. The molecule has 0 amide bonds. The normalized spacial score (nSPS) is 11.0. The second-order valence-corrected chi connectivity index (χ2v) is 3.65. The van der Waals surface area contributed by atoms with Gasteiger partial charge in [0.25, 0.3) is 5.69 Å². The molecular formula is C10H11NO3. The zero-order chi connectivity index (χ0) is 10.8. The van der Waals surface area contributed by atoms with E-state index >= 15 is 0 Å². The molecule has 1 aromatic carbocycles. The van der Waals surface area contributed by atoms with E-state index in [0.717, 1.165) is 6.29 Å². The van der Waals surface area contributed by atoms with Crippen LogP contribution in [0.15, 0.2) is 24.3 Å². The van der Waals surface area contributed by atoms with Crippen molar-refractivity contribution in [3.63, 3.8) is 0 Å². The molecule has 0 aliphatic rings. The van der Waals surface area contributed by atoms with Crippen LogP contribution in [0.25, 0.3) is 0 Å². The molecule has 0 spiro atoms. The van der Waals surface area contributed by atoms with Gasteiger partial charge in [0.1, 0.15) is 6.29 Å². The Morgan fingerprint density at radius 3 is 2.57 bits per heavy atom. The second kappa shape index (κ2) is 3.57.